The number of fused-ring (bicyclic) bond motifs is 1. The van der Waals surface area contributed by atoms with E-state index in [1.165, 1.54) is 10.8 Å². The van der Waals surface area contributed by atoms with Gasteiger partial charge < -0.3 is 19.8 Å². The lowest BCUT2D eigenvalue weighted by Crippen LogP contribution is -2.28. The van der Waals surface area contributed by atoms with Crippen LogP contribution >= 0.6 is 0 Å². The molecule has 0 aliphatic carbocycles. The van der Waals surface area contributed by atoms with Crippen molar-refractivity contribution in [3.05, 3.63) is 72.9 Å². The van der Waals surface area contributed by atoms with E-state index < -0.39 is 6.03 Å². The van der Waals surface area contributed by atoms with Gasteiger partial charge in [0.2, 0.25) is 0 Å². The first-order valence-electron chi connectivity index (χ1n) is 9.17. The molecule has 0 saturated heterocycles. The summed E-state index contributed by atoms with van der Waals surface area (Å²) in [5, 5.41) is 8.79. The van der Waals surface area contributed by atoms with Crippen LogP contribution in [0, 0.1) is 0 Å². The number of hydrogen-bond acceptors (Lipinski definition) is 5. The van der Waals surface area contributed by atoms with Gasteiger partial charge in [0.15, 0.2) is 0 Å². The molecule has 3 heterocycles. The van der Waals surface area contributed by atoms with Gasteiger partial charge in [-0.1, -0.05) is 0 Å². The SMILES string of the molecule is CNC(=O)n1ccc2cc(Oc3ccnc(NC(=O)NCc4ccco4)c3)ccc21. The highest BCUT2D eigenvalue weighted by atomic mass is 16.5. The van der Waals surface area contributed by atoms with Crippen LogP contribution in [0.4, 0.5) is 15.4 Å². The van der Waals surface area contributed by atoms with Gasteiger partial charge in [0.1, 0.15) is 23.1 Å². The molecule has 0 atom stereocenters. The summed E-state index contributed by atoms with van der Waals surface area (Å²) in [7, 11) is 1.58. The Bertz CT molecular complexity index is 1180. The van der Waals surface area contributed by atoms with Crippen molar-refractivity contribution in [2.24, 2.45) is 0 Å². The molecule has 4 aromatic rings. The van der Waals surface area contributed by atoms with E-state index in [9.17, 15) is 9.59 Å². The van der Waals surface area contributed by atoms with Crippen LogP contribution < -0.4 is 20.7 Å². The molecule has 0 saturated carbocycles. The average molecular weight is 405 g/mol. The number of nitrogens with zero attached hydrogens (tertiary/aromatic N) is 2. The number of aromatic nitrogens is 2. The van der Waals surface area contributed by atoms with Gasteiger partial charge >= 0.3 is 12.1 Å². The van der Waals surface area contributed by atoms with E-state index in [2.05, 4.69) is 20.9 Å². The second-order valence-electron chi connectivity index (χ2n) is 6.33. The third kappa shape index (κ3) is 4.25. The lowest BCUT2D eigenvalue weighted by molar-refractivity contribution is 0.245. The average Bonchev–Trinajstić information content (AvgIpc) is 3.41. The Hall–Kier alpha value is -4.27. The molecule has 3 N–H and O–H groups in total. The Balaban J connectivity index is 1.42. The number of ether oxygens (including phenoxy) is 1. The number of rotatable bonds is 5. The highest BCUT2D eigenvalue weighted by Crippen LogP contribution is 2.27. The lowest BCUT2D eigenvalue weighted by Gasteiger charge is -2.09. The van der Waals surface area contributed by atoms with E-state index in [0.717, 1.165) is 10.9 Å². The van der Waals surface area contributed by atoms with Crippen LogP contribution in [-0.4, -0.2) is 28.7 Å². The van der Waals surface area contributed by atoms with Crippen molar-refractivity contribution < 1.29 is 18.7 Å². The number of benzene rings is 1. The molecule has 1 aromatic carbocycles. The highest BCUT2D eigenvalue weighted by molar-refractivity contribution is 5.92. The molecule has 0 fully saturated rings. The molecule has 9 heteroatoms. The molecule has 0 aliphatic rings. The lowest BCUT2D eigenvalue weighted by atomic mass is 10.2. The minimum Gasteiger partial charge on any atom is -0.467 e. The molecule has 0 unspecified atom stereocenters. The van der Waals surface area contributed by atoms with Crippen molar-refractivity contribution in [3.63, 3.8) is 0 Å². The molecular formula is C21H19N5O4. The van der Waals surface area contributed by atoms with Gasteiger partial charge in [0.25, 0.3) is 0 Å². The normalized spacial score (nSPS) is 10.6. The quantitative estimate of drug-likeness (QED) is 0.466. The van der Waals surface area contributed by atoms with E-state index in [1.54, 1.807) is 49.8 Å². The van der Waals surface area contributed by atoms with Gasteiger partial charge in [0, 0.05) is 30.9 Å². The number of nitrogens with one attached hydrogen (secondary N) is 3. The molecule has 3 amide bonds. The van der Waals surface area contributed by atoms with Crippen molar-refractivity contribution in [1.29, 1.82) is 0 Å². The van der Waals surface area contributed by atoms with Crippen LogP contribution in [0.5, 0.6) is 11.5 Å². The Kier molecular flexibility index (Phi) is 5.33. The maximum Gasteiger partial charge on any atom is 0.325 e. The smallest absolute Gasteiger partial charge is 0.325 e. The molecule has 4 rings (SSSR count). The first-order chi connectivity index (χ1) is 14.6. The minimum absolute atomic E-state index is 0.214. The first-order valence-corrected chi connectivity index (χ1v) is 9.17. The summed E-state index contributed by atoms with van der Waals surface area (Å²) < 4.78 is 12.6. The van der Waals surface area contributed by atoms with Crippen LogP contribution in [0.2, 0.25) is 0 Å². The third-order valence-electron chi connectivity index (χ3n) is 4.31. The zero-order chi connectivity index (χ0) is 20.9. The number of carbonyl (C=O) groups is 2. The number of amides is 3. The number of furan rings is 1. The number of pyridine rings is 1. The third-order valence-corrected chi connectivity index (χ3v) is 4.31. The summed E-state index contributed by atoms with van der Waals surface area (Å²) in [5.74, 6) is 2.10. The molecule has 152 valence electrons. The van der Waals surface area contributed by atoms with E-state index in [1.807, 2.05) is 18.2 Å². The standard InChI is InChI=1S/C21H19N5O4/c1-22-21(28)26-9-7-14-11-15(4-5-18(14)26)30-16-6-8-23-19(12-16)25-20(27)24-13-17-3-2-10-29-17/h2-12H,13H2,1H3,(H,22,28)(H2,23,24,25,27). The summed E-state index contributed by atoms with van der Waals surface area (Å²) in [6, 6.07) is 13.4. The molecule has 0 radical (unpaired) electrons. The predicted molar refractivity (Wildman–Crippen MR) is 111 cm³/mol. The summed E-state index contributed by atoms with van der Waals surface area (Å²) in [5.41, 5.74) is 0.770. The van der Waals surface area contributed by atoms with Crippen molar-refractivity contribution in [3.8, 4) is 11.5 Å². The van der Waals surface area contributed by atoms with E-state index in [4.69, 9.17) is 9.15 Å². The largest absolute Gasteiger partial charge is 0.467 e. The van der Waals surface area contributed by atoms with Crippen LogP contribution in [0.3, 0.4) is 0 Å². The monoisotopic (exact) mass is 405 g/mol. The van der Waals surface area contributed by atoms with Crippen molar-refractivity contribution in [2.75, 3.05) is 12.4 Å². The topological polar surface area (TPSA) is 110 Å². The maximum atomic E-state index is 12.0. The van der Waals surface area contributed by atoms with Crippen LogP contribution in [0.25, 0.3) is 10.9 Å². The summed E-state index contributed by atoms with van der Waals surface area (Å²) in [4.78, 5) is 28.0. The van der Waals surface area contributed by atoms with Crippen molar-refractivity contribution >= 4 is 28.8 Å². The second-order valence-corrected chi connectivity index (χ2v) is 6.33. The number of carbonyl (C=O) groups excluding carboxylic acids is 2. The Labute approximate surface area is 171 Å². The van der Waals surface area contributed by atoms with Crippen LogP contribution in [0.15, 0.2) is 71.6 Å². The number of hydrogen-bond donors (Lipinski definition) is 3. The molecule has 30 heavy (non-hydrogen) atoms. The Morgan fingerprint density at radius 2 is 2.00 bits per heavy atom. The molecule has 0 aliphatic heterocycles. The van der Waals surface area contributed by atoms with E-state index >= 15 is 0 Å². The molecule has 0 bridgehead atoms. The molecule has 0 spiro atoms. The summed E-state index contributed by atoms with van der Waals surface area (Å²) in [6.07, 6.45) is 4.78. The van der Waals surface area contributed by atoms with Crippen LogP contribution in [-0.2, 0) is 6.54 Å². The van der Waals surface area contributed by atoms with E-state index in [-0.39, 0.29) is 12.6 Å². The van der Waals surface area contributed by atoms with Gasteiger partial charge in [-0.25, -0.2) is 14.6 Å². The molecular weight excluding hydrogens is 386 g/mol. The minimum atomic E-state index is -0.409. The molecule has 3 aromatic heterocycles. The fraction of sp³-hybridized carbons (Fsp3) is 0.0952. The van der Waals surface area contributed by atoms with Crippen LogP contribution in [0.1, 0.15) is 5.76 Å². The van der Waals surface area contributed by atoms with Gasteiger partial charge in [-0.05, 0) is 42.5 Å². The summed E-state index contributed by atoms with van der Waals surface area (Å²) >= 11 is 0. The molecule has 9 nitrogen and oxygen atoms in total. The first kappa shape index (κ1) is 19.1. The highest BCUT2D eigenvalue weighted by Gasteiger charge is 2.09. The maximum absolute atomic E-state index is 12.0. The fourth-order valence-corrected chi connectivity index (χ4v) is 2.90. The predicted octanol–water partition coefficient (Wildman–Crippen LogP) is 3.93. The number of urea groups is 1. The summed E-state index contributed by atoms with van der Waals surface area (Å²) in [6.45, 7) is 0.269. The van der Waals surface area contributed by atoms with Gasteiger partial charge in [-0.15, -0.1) is 0 Å². The second kappa shape index (κ2) is 8.39. The zero-order valence-electron chi connectivity index (χ0n) is 16.1. The van der Waals surface area contributed by atoms with E-state index in [0.29, 0.717) is 23.1 Å². The van der Waals surface area contributed by atoms with Crippen molar-refractivity contribution in [1.82, 2.24) is 20.2 Å². The number of anilines is 1. The van der Waals surface area contributed by atoms with Gasteiger partial charge in [-0.3, -0.25) is 9.88 Å². The Morgan fingerprint density at radius 1 is 1.13 bits per heavy atom. The Morgan fingerprint density at radius 3 is 2.80 bits per heavy atom. The fourth-order valence-electron chi connectivity index (χ4n) is 2.90. The van der Waals surface area contributed by atoms with Gasteiger partial charge in [0.05, 0.1) is 18.3 Å². The van der Waals surface area contributed by atoms with Gasteiger partial charge in [-0.2, -0.15) is 0 Å². The zero-order valence-corrected chi connectivity index (χ0v) is 16.1. The van der Waals surface area contributed by atoms with Crippen molar-refractivity contribution in [2.45, 2.75) is 6.54 Å².